The number of hydrogen-bond acceptors (Lipinski definition) is 6. The fraction of sp³-hybridized carbons (Fsp3) is 0.133. The topological polar surface area (TPSA) is 105 Å². The Morgan fingerprint density at radius 3 is 2.42 bits per heavy atom. The molecule has 1 aliphatic rings. The Bertz CT molecular complexity index is 1540. The van der Waals surface area contributed by atoms with Crippen molar-refractivity contribution in [3.8, 4) is 0 Å². The predicted molar refractivity (Wildman–Crippen MR) is 146 cm³/mol. The SMILES string of the molecule is O=C(Cc1cccs1)Nc1ccc2c(c1)C(=O)N(OCc1ccccc1)C(=O)C2C(=O)NCc1ccc(F)cc1. The van der Waals surface area contributed by atoms with Gasteiger partial charge in [0.25, 0.3) is 11.8 Å². The largest absolute Gasteiger partial charge is 0.351 e. The van der Waals surface area contributed by atoms with E-state index in [1.54, 1.807) is 30.3 Å². The minimum atomic E-state index is -1.38. The molecular weight excluding hydrogens is 533 g/mol. The average molecular weight is 558 g/mol. The molecular formula is C30H24FN3O5S. The van der Waals surface area contributed by atoms with Crippen molar-refractivity contribution < 1.29 is 28.4 Å². The molecule has 0 radical (unpaired) electrons. The van der Waals surface area contributed by atoms with Gasteiger partial charge in [-0.3, -0.25) is 24.0 Å². The highest BCUT2D eigenvalue weighted by molar-refractivity contribution is 7.10. The monoisotopic (exact) mass is 557 g/mol. The molecule has 0 bridgehead atoms. The Balaban J connectivity index is 1.40. The van der Waals surface area contributed by atoms with Gasteiger partial charge < -0.3 is 10.6 Å². The maximum Gasteiger partial charge on any atom is 0.285 e. The number of fused-ring (bicyclic) bond motifs is 1. The minimum absolute atomic E-state index is 0.0495. The summed E-state index contributed by atoms with van der Waals surface area (Å²) in [6.45, 7) is -0.0251. The third kappa shape index (κ3) is 6.14. The third-order valence-electron chi connectivity index (χ3n) is 6.27. The Labute approximate surface area is 233 Å². The van der Waals surface area contributed by atoms with Gasteiger partial charge in [-0.1, -0.05) is 54.6 Å². The number of imide groups is 1. The molecule has 0 spiro atoms. The molecule has 2 heterocycles. The van der Waals surface area contributed by atoms with E-state index in [9.17, 15) is 23.6 Å². The second kappa shape index (κ2) is 12.0. The first-order valence-corrected chi connectivity index (χ1v) is 13.3. The van der Waals surface area contributed by atoms with Crippen LogP contribution in [0.15, 0.2) is 90.3 Å². The van der Waals surface area contributed by atoms with E-state index in [0.717, 1.165) is 10.4 Å². The van der Waals surface area contributed by atoms with Crippen LogP contribution in [0.2, 0.25) is 0 Å². The zero-order chi connectivity index (χ0) is 28.1. The van der Waals surface area contributed by atoms with Crippen molar-refractivity contribution in [2.45, 2.75) is 25.5 Å². The second-order valence-electron chi connectivity index (χ2n) is 9.08. The van der Waals surface area contributed by atoms with Gasteiger partial charge in [0.1, 0.15) is 18.3 Å². The summed E-state index contributed by atoms with van der Waals surface area (Å²) in [4.78, 5) is 59.3. The third-order valence-corrected chi connectivity index (χ3v) is 7.15. The van der Waals surface area contributed by atoms with Crippen molar-refractivity contribution >= 4 is 40.7 Å². The first kappa shape index (κ1) is 26.9. The van der Waals surface area contributed by atoms with Crippen molar-refractivity contribution in [1.82, 2.24) is 10.4 Å². The van der Waals surface area contributed by atoms with Gasteiger partial charge in [-0.05, 0) is 52.4 Å². The molecule has 5 rings (SSSR count). The van der Waals surface area contributed by atoms with Crippen LogP contribution in [0.5, 0.6) is 0 Å². The molecule has 1 atom stereocenters. The Morgan fingerprint density at radius 1 is 0.925 bits per heavy atom. The van der Waals surface area contributed by atoms with Crippen LogP contribution in [0.25, 0.3) is 0 Å². The van der Waals surface area contributed by atoms with Crippen molar-refractivity contribution in [3.63, 3.8) is 0 Å². The van der Waals surface area contributed by atoms with Crippen molar-refractivity contribution in [1.29, 1.82) is 0 Å². The average Bonchev–Trinajstić information content (AvgIpc) is 3.46. The standard InChI is InChI=1S/C30H24FN3O5S/c31-21-10-8-19(9-11-21)17-32-28(36)27-24-13-12-22(33-26(35)16-23-7-4-14-40-23)15-25(24)29(37)34(30(27)38)39-18-20-5-2-1-3-6-20/h1-15,27H,16-18H2,(H,32,36)(H,33,35). The molecule has 0 fully saturated rings. The van der Waals surface area contributed by atoms with Crippen LogP contribution in [-0.2, 0) is 38.8 Å². The fourth-order valence-corrected chi connectivity index (χ4v) is 4.99. The molecule has 4 amide bonds. The number of amides is 4. The van der Waals surface area contributed by atoms with E-state index in [4.69, 9.17) is 4.84 Å². The lowest BCUT2D eigenvalue weighted by Gasteiger charge is -2.31. The Morgan fingerprint density at radius 2 is 1.70 bits per heavy atom. The molecule has 10 heteroatoms. The zero-order valence-corrected chi connectivity index (χ0v) is 22.0. The van der Waals surface area contributed by atoms with Gasteiger partial charge in [0.05, 0.1) is 6.42 Å². The molecule has 1 unspecified atom stereocenters. The van der Waals surface area contributed by atoms with E-state index in [-0.39, 0.29) is 36.6 Å². The first-order valence-electron chi connectivity index (χ1n) is 12.4. The van der Waals surface area contributed by atoms with Crippen LogP contribution in [0.1, 0.15) is 37.8 Å². The van der Waals surface area contributed by atoms with E-state index in [1.807, 2.05) is 23.6 Å². The molecule has 3 aromatic carbocycles. The first-order chi connectivity index (χ1) is 19.4. The van der Waals surface area contributed by atoms with Crippen LogP contribution in [0, 0.1) is 5.82 Å². The number of rotatable bonds is 9. The quantitative estimate of drug-likeness (QED) is 0.232. The van der Waals surface area contributed by atoms with E-state index >= 15 is 0 Å². The maximum atomic E-state index is 13.5. The lowest BCUT2D eigenvalue weighted by atomic mass is 9.88. The summed E-state index contributed by atoms with van der Waals surface area (Å²) in [5.74, 6) is -4.28. The summed E-state index contributed by atoms with van der Waals surface area (Å²) in [7, 11) is 0. The summed E-state index contributed by atoms with van der Waals surface area (Å²) in [6.07, 6.45) is 0.169. The normalized spacial score (nSPS) is 14.5. The molecule has 2 N–H and O–H groups in total. The number of anilines is 1. The smallest absolute Gasteiger partial charge is 0.285 e. The van der Waals surface area contributed by atoms with Crippen LogP contribution in [0.4, 0.5) is 10.1 Å². The van der Waals surface area contributed by atoms with Crippen LogP contribution >= 0.6 is 11.3 Å². The van der Waals surface area contributed by atoms with Gasteiger partial charge in [0.2, 0.25) is 11.8 Å². The summed E-state index contributed by atoms with van der Waals surface area (Å²) >= 11 is 1.46. The second-order valence-corrected chi connectivity index (χ2v) is 10.1. The lowest BCUT2D eigenvalue weighted by Crippen LogP contribution is -2.49. The van der Waals surface area contributed by atoms with Crippen LogP contribution in [0.3, 0.4) is 0 Å². The minimum Gasteiger partial charge on any atom is -0.351 e. The summed E-state index contributed by atoms with van der Waals surface area (Å²) in [6, 6.07) is 22.8. The molecule has 1 aliphatic heterocycles. The molecule has 4 aromatic rings. The highest BCUT2D eigenvalue weighted by atomic mass is 32.1. The predicted octanol–water partition coefficient (Wildman–Crippen LogP) is 4.58. The summed E-state index contributed by atoms with van der Waals surface area (Å²) < 4.78 is 13.3. The number of thiophene rings is 1. The van der Waals surface area contributed by atoms with Gasteiger partial charge in [0, 0.05) is 22.7 Å². The number of hydrogen-bond donors (Lipinski definition) is 2. The van der Waals surface area contributed by atoms with E-state index in [1.165, 1.54) is 47.7 Å². The zero-order valence-electron chi connectivity index (χ0n) is 21.1. The van der Waals surface area contributed by atoms with Crippen molar-refractivity contribution in [3.05, 3.63) is 123 Å². The highest BCUT2D eigenvalue weighted by Crippen LogP contribution is 2.32. The van der Waals surface area contributed by atoms with Crippen LogP contribution < -0.4 is 10.6 Å². The number of benzene rings is 3. The summed E-state index contributed by atoms with van der Waals surface area (Å²) in [5, 5.41) is 7.95. The molecule has 0 saturated carbocycles. The van der Waals surface area contributed by atoms with E-state index < -0.39 is 29.5 Å². The molecule has 1 aromatic heterocycles. The van der Waals surface area contributed by atoms with E-state index in [2.05, 4.69) is 10.6 Å². The number of carbonyl (C=O) groups excluding carboxylic acids is 4. The Hall–Kier alpha value is -4.67. The fourth-order valence-electron chi connectivity index (χ4n) is 4.29. The van der Waals surface area contributed by atoms with Crippen LogP contribution in [-0.4, -0.2) is 28.7 Å². The van der Waals surface area contributed by atoms with Gasteiger partial charge in [0.15, 0.2) is 0 Å². The number of nitrogens with one attached hydrogen (secondary N) is 2. The molecule has 8 nitrogen and oxygen atoms in total. The molecule has 40 heavy (non-hydrogen) atoms. The number of halogens is 1. The number of nitrogens with zero attached hydrogens (tertiary/aromatic N) is 1. The van der Waals surface area contributed by atoms with Gasteiger partial charge in [-0.2, -0.15) is 0 Å². The molecule has 0 aliphatic carbocycles. The number of hydroxylamine groups is 2. The maximum absolute atomic E-state index is 13.5. The van der Waals surface area contributed by atoms with Gasteiger partial charge >= 0.3 is 0 Å². The Kier molecular flexibility index (Phi) is 8.09. The van der Waals surface area contributed by atoms with Gasteiger partial charge in [-0.25, -0.2) is 4.39 Å². The molecule has 202 valence electrons. The van der Waals surface area contributed by atoms with Gasteiger partial charge in [-0.15, -0.1) is 16.4 Å². The van der Waals surface area contributed by atoms with Crippen molar-refractivity contribution in [2.75, 3.05) is 5.32 Å². The summed E-state index contributed by atoms with van der Waals surface area (Å²) in [5.41, 5.74) is 1.96. The molecule has 0 saturated heterocycles. The number of carbonyl (C=O) groups is 4. The van der Waals surface area contributed by atoms with E-state index in [0.29, 0.717) is 16.3 Å². The highest BCUT2D eigenvalue weighted by Gasteiger charge is 2.44. The van der Waals surface area contributed by atoms with Crippen molar-refractivity contribution in [2.24, 2.45) is 0 Å². The lowest BCUT2D eigenvalue weighted by molar-refractivity contribution is -0.177.